The molecule has 0 amide bonds. The average molecular weight is 192 g/mol. The van der Waals surface area contributed by atoms with E-state index in [4.69, 9.17) is 0 Å². The molecule has 0 bridgehead atoms. The highest BCUT2D eigenvalue weighted by Gasteiger charge is 2.15. The first-order valence-corrected chi connectivity index (χ1v) is 4.87. The number of carbonyl (C=O) groups is 1. The fourth-order valence-corrected chi connectivity index (χ4v) is 1.17. The maximum atomic E-state index is 11.6. The maximum Gasteiger partial charge on any atom is 0.165 e. The molecule has 0 heterocycles. The normalized spacial score (nSPS) is 12.9. The number of Topliss-reactive ketones (excluding diaryl/α,β-unsaturated/α-hetero) is 1. The van der Waals surface area contributed by atoms with Gasteiger partial charge in [0.2, 0.25) is 0 Å². The number of carbonyl (C=O) groups excluding carboxylic acids is 1. The molecule has 0 aliphatic heterocycles. The molecule has 2 heteroatoms. The number of aliphatic hydroxyl groups is 1. The van der Waals surface area contributed by atoms with Gasteiger partial charge in [-0.2, -0.15) is 0 Å². The average Bonchev–Trinajstić information content (AvgIpc) is 2.19. The SMILES string of the molecule is CC(C)[C@@H](O)CC(=O)c1ccccc1. The van der Waals surface area contributed by atoms with Crippen molar-refractivity contribution in [1.29, 1.82) is 0 Å². The number of hydrogen-bond donors (Lipinski definition) is 1. The Labute approximate surface area is 84.6 Å². The summed E-state index contributed by atoms with van der Waals surface area (Å²) in [5.74, 6) is 0.134. The van der Waals surface area contributed by atoms with Gasteiger partial charge in [-0.3, -0.25) is 4.79 Å². The third-order valence-corrected chi connectivity index (χ3v) is 2.26. The van der Waals surface area contributed by atoms with Gasteiger partial charge in [0.05, 0.1) is 6.10 Å². The monoisotopic (exact) mass is 192 g/mol. The van der Waals surface area contributed by atoms with Crippen molar-refractivity contribution in [2.75, 3.05) is 0 Å². The second-order valence-corrected chi connectivity index (χ2v) is 3.80. The van der Waals surface area contributed by atoms with Crippen LogP contribution in [0.25, 0.3) is 0 Å². The van der Waals surface area contributed by atoms with Crippen LogP contribution in [0.15, 0.2) is 30.3 Å². The predicted octanol–water partition coefficient (Wildman–Crippen LogP) is 2.28. The van der Waals surface area contributed by atoms with Gasteiger partial charge in [-0.1, -0.05) is 44.2 Å². The molecule has 0 radical (unpaired) electrons. The molecular formula is C12H16O2. The second kappa shape index (κ2) is 4.91. The quantitative estimate of drug-likeness (QED) is 0.743. The highest BCUT2D eigenvalue weighted by Crippen LogP contribution is 2.10. The van der Waals surface area contributed by atoms with Crippen LogP contribution >= 0.6 is 0 Å². The molecule has 0 saturated heterocycles. The highest BCUT2D eigenvalue weighted by molar-refractivity contribution is 5.96. The molecule has 2 nitrogen and oxygen atoms in total. The minimum absolute atomic E-state index is 0.00630. The van der Waals surface area contributed by atoms with Crippen molar-refractivity contribution in [3.05, 3.63) is 35.9 Å². The van der Waals surface area contributed by atoms with Gasteiger partial charge in [0, 0.05) is 12.0 Å². The Morgan fingerprint density at radius 3 is 2.36 bits per heavy atom. The molecule has 0 unspecified atom stereocenters. The van der Waals surface area contributed by atoms with Crippen molar-refractivity contribution in [2.24, 2.45) is 5.92 Å². The summed E-state index contributed by atoms with van der Waals surface area (Å²) in [6.45, 7) is 3.81. The van der Waals surface area contributed by atoms with E-state index in [1.807, 2.05) is 32.0 Å². The van der Waals surface area contributed by atoms with Crippen molar-refractivity contribution in [2.45, 2.75) is 26.4 Å². The van der Waals surface area contributed by atoms with Crippen LogP contribution in [0.1, 0.15) is 30.6 Å². The summed E-state index contributed by atoms with van der Waals surface area (Å²) in [5.41, 5.74) is 0.673. The highest BCUT2D eigenvalue weighted by atomic mass is 16.3. The first-order valence-electron chi connectivity index (χ1n) is 4.87. The topological polar surface area (TPSA) is 37.3 Å². The minimum Gasteiger partial charge on any atom is -0.392 e. The zero-order chi connectivity index (χ0) is 10.6. The molecule has 0 saturated carbocycles. The van der Waals surface area contributed by atoms with E-state index in [1.165, 1.54) is 0 Å². The predicted molar refractivity (Wildman–Crippen MR) is 56.2 cm³/mol. The van der Waals surface area contributed by atoms with Crippen molar-refractivity contribution >= 4 is 5.78 Å². The Hall–Kier alpha value is -1.15. The Morgan fingerprint density at radius 1 is 1.29 bits per heavy atom. The molecule has 1 aromatic rings. The number of aliphatic hydroxyl groups excluding tert-OH is 1. The van der Waals surface area contributed by atoms with E-state index in [1.54, 1.807) is 12.1 Å². The molecule has 0 spiro atoms. The molecule has 0 aliphatic carbocycles. The summed E-state index contributed by atoms with van der Waals surface area (Å²) in [5, 5.41) is 9.54. The number of rotatable bonds is 4. The van der Waals surface area contributed by atoms with Crippen LogP contribution in [0.4, 0.5) is 0 Å². The molecule has 0 aromatic heterocycles. The smallest absolute Gasteiger partial charge is 0.165 e. The van der Waals surface area contributed by atoms with Gasteiger partial charge >= 0.3 is 0 Å². The summed E-state index contributed by atoms with van der Waals surface area (Å²) < 4.78 is 0. The van der Waals surface area contributed by atoms with Gasteiger partial charge in [0.15, 0.2) is 5.78 Å². The van der Waals surface area contributed by atoms with Gasteiger partial charge in [0.1, 0.15) is 0 Å². The van der Waals surface area contributed by atoms with Crippen LogP contribution in [0.3, 0.4) is 0 Å². The summed E-state index contributed by atoms with van der Waals surface area (Å²) in [7, 11) is 0. The third-order valence-electron chi connectivity index (χ3n) is 2.26. The molecule has 1 N–H and O–H groups in total. The van der Waals surface area contributed by atoms with Crippen LogP contribution < -0.4 is 0 Å². The second-order valence-electron chi connectivity index (χ2n) is 3.80. The van der Waals surface area contributed by atoms with Crippen molar-refractivity contribution in [3.63, 3.8) is 0 Å². The number of ketones is 1. The van der Waals surface area contributed by atoms with Gasteiger partial charge in [0.25, 0.3) is 0 Å². The van der Waals surface area contributed by atoms with Gasteiger partial charge < -0.3 is 5.11 Å². The first-order chi connectivity index (χ1) is 6.61. The fraction of sp³-hybridized carbons (Fsp3) is 0.417. The molecule has 0 aliphatic rings. The maximum absolute atomic E-state index is 11.6. The lowest BCUT2D eigenvalue weighted by molar-refractivity contribution is 0.0790. The summed E-state index contributed by atoms with van der Waals surface area (Å²) >= 11 is 0. The Kier molecular flexibility index (Phi) is 3.84. The zero-order valence-electron chi connectivity index (χ0n) is 8.60. The lowest BCUT2D eigenvalue weighted by Crippen LogP contribution is -2.19. The van der Waals surface area contributed by atoms with Gasteiger partial charge in [-0.05, 0) is 5.92 Å². The van der Waals surface area contributed by atoms with E-state index in [0.29, 0.717) is 5.56 Å². The fourth-order valence-electron chi connectivity index (χ4n) is 1.17. The number of benzene rings is 1. The van der Waals surface area contributed by atoms with Crippen molar-refractivity contribution < 1.29 is 9.90 Å². The lowest BCUT2D eigenvalue weighted by atomic mass is 9.98. The summed E-state index contributed by atoms with van der Waals surface area (Å²) in [4.78, 5) is 11.6. The third kappa shape index (κ3) is 2.96. The minimum atomic E-state index is -0.539. The number of hydrogen-bond acceptors (Lipinski definition) is 2. The standard InChI is InChI=1S/C12H16O2/c1-9(2)11(13)8-12(14)10-6-4-3-5-7-10/h3-7,9,11,13H,8H2,1-2H3/t11-/m0/s1. The lowest BCUT2D eigenvalue weighted by Gasteiger charge is -2.12. The Bertz CT molecular complexity index is 290. The van der Waals surface area contributed by atoms with Crippen LogP contribution in [0.2, 0.25) is 0 Å². The molecule has 0 fully saturated rings. The van der Waals surface area contributed by atoms with Crippen LogP contribution in [-0.2, 0) is 0 Å². The summed E-state index contributed by atoms with van der Waals surface area (Å²) in [6.07, 6.45) is -0.329. The van der Waals surface area contributed by atoms with Crippen molar-refractivity contribution in [3.8, 4) is 0 Å². The molecular weight excluding hydrogens is 176 g/mol. The van der Waals surface area contributed by atoms with Crippen LogP contribution in [-0.4, -0.2) is 17.0 Å². The van der Waals surface area contributed by atoms with E-state index >= 15 is 0 Å². The largest absolute Gasteiger partial charge is 0.392 e. The Morgan fingerprint density at radius 2 is 1.86 bits per heavy atom. The molecule has 1 rings (SSSR count). The van der Waals surface area contributed by atoms with Crippen LogP contribution in [0, 0.1) is 5.92 Å². The Balaban J connectivity index is 2.60. The summed E-state index contributed by atoms with van der Waals surface area (Å²) in [6, 6.07) is 9.07. The van der Waals surface area contributed by atoms with E-state index in [9.17, 15) is 9.90 Å². The first kappa shape index (κ1) is 10.9. The van der Waals surface area contributed by atoms with Gasteiger partial charge in [-0.15, -0.1) is 0 Å². The van der Waals surface area contributed by atoms with E-state index in [-0.39, 0.29) is 18.1 Å². The van der Waals surface area contributed by atoms with E-state index in [0.717, 1.165) is 0 Å². The molecule has 1 atom stereocenters. The van der Waals surface area contributed by atoms with Crippen LogP contribution in [0.5, 0.6) is 0 Å². The van der Waals surface area contributed by atoms with E-state index < -0.39 is 6.10 Å². The molecule has 14 heavy (non-hydrogen) atoms. The van der Waals surface area contributed by atoms with Crippen molar-refractivity contribution in [1.82, 2.24) is 0 Å². The van der Waals surface area contributed by atoms with Gasteiger partial charge in [-0.25, -0.2) is 0 Å². The van der Waals surface area contributed by atoms with E-state index in [2.05, 4.69) is 0 Å². The molecule has 76 valence electrons. The molecule has 1 aromatic carbocycles. The zero-order valence-corrected chi connectivity index (χ0v) is 8.60.